The van der Waals surface area contributed by atoms with E-state index in [1.165, 1.54) is 87.6 Å². The molecular formula is C68H70Si2. The molecule has 6 aliphatic carbocycles. The van der Waals surface area contributed by atoms with Gasteiger partial charge in [0.1, 0.15) is 16.1 Å². The van der Waals surface area contributed by atoms with E-state index in [4.69, 9.17) is 0 Å². The normalized spacial score (nSPS) is 22.9. The summed E-state index contributed by atoms with van der Waals surface area (Å²) < 4.78 is 0. The Morgan fingerprint density at radius 3 is 0.671 bits per heavy atom. The van der Waals surface area contributed by atoms with Crippen LogP contribution in [-0.2, 0) is 21.7 Å². The lowest BCUT2D eigenvalue weighted by molar-refractivity contribution is 0.138. The fraction of sp³-hybridized carbons (Fsp3) is 0.353. The van der Waals surface area contributed by atoms with Crippen LogP contribution in [0, 0.1) is 22.9 Å². The lowest BCUT2D eigenvalue weighted by atomic mass is 9.29. The summed E-state index contributed by atoms with van der Waals surface area (Å²) in [4.78, 5) is 0. The molecule has 0 nitrogen and oxygen atoms in total. The third kappa shape index (κ3) is 5.57. The van der Waals surface area contributed by atoms with Crippen LogP contribution in [0.1, 0.15) is 140 Å². The van der Waals surface area contributed by atoms with Crippen LogP contribution < -0.4 is 0 Å². The fourth-order valence-electron chi connectivity index (χ4n) is 16.8. The first kappa shape index (κ1) is 45.5. The van der Waals surface area contributed by atoms with Crippen LogP contribution >= 0.6 is 0 Å². The van der Waals surface area contributed by atoms with Crippen molar-refractivity contribution in [3.63, 3.8) is 0 Å². The summed E-state index contributed by atoms with van der Waals surface area (Å²) in [6.07, 6.45) is 1.76. The van der Waals surface area contributed by atoms with Crippen LogP contribution in [0.4, 0.5) is 0 Å². The molecule has 0 aromatic heterocycles. The van der Waals surface area contributed by atoms with E-state index in [9.17, 15) is 0 Å². The Hall–Kier alpha value is -5.65. The second kappa shape index (κ2) is 15.4. The predicted octanol–water partition coefficient (Wildman–Crippen LogP) is 18.0. The van der Waals surface area contributed by atoms with Crippen LogP contribution in [0.3, 0.4) is 0 Å². The number of hydrogen-bond donors (Lipinski definition) is 0. The Morgan fingerprint density at radius 2 is 0.486 bits per heavy atom. The zero-order valence-electron chi connectivity index (χ0n) is 43.7. The van der Waals surface area contributed by atoms with Crippen molar-refractivity contribution in [3.05, 3.63) is 190 Å². The summed E-state index contributed by atoms with van der Waals surface area (Å²) in [5.74, 6) is 9.15. The third-order valence-corrected chi connectivity index (χ3v) is 32.3. The maximum absolute atomic E-state index is 4.57. The van der Waals surface area contributed by atoms with Gasteiger partial charge in [-0.2, -0.15) is 0 Å². The first-order valence-electron chi connectivity index (χ1n) is 26.8. The number of fused-ring (bicyclic) bond motifs is 4. The molecule has 0 atom stereocenters. The number of rotatable bonds is 6. The molecule has 350 valence electrons. The molecule has 2 spiro atoms. The van der Waals surface area contributed by atoms with E-state index in [2.05, 4.69) is 252 Å². The first-order valence-corrected chi connectivity index (χ1v) is 31.2. The lowest BCUT2D eigenvalue weighted by Crippen LogP contribution is -2.70. The van der Waals surface area contributed by atoms with Gasteiger partial charge in [0.25, 0.3) is 0 Å². The standard InChI is InChI=1S/C68H70Si2/c1-43(2)69(44(3)4,45(5)6)31-29-65-41-67-63-39-55-27-19-15-23-51(55)35-59(63)66(30-32-70(46(7)8,47(9)10)48(11)12,60-36-52-24-16-20-28-56(52)40-64(60)67)42-68(67,61-37-53-25-17-13-21-49(53)33-57(61)65)62-38-54-26-18-14-22-50(54)34-58(62)65/h13-28,33-40,43-48H,41-42H2,1-12H3. The van der Waals surface area contributed by atoms with Crippen molar-refractivity contribution in [2.24, 2.45) is 0 Å². The molecule has 0 fully saturated rings. The van der Waals surface area contributed by atoms with Gasteiger partial charge in [0, 0.05) is 10.8 Å². The van der Waals surface area contributed by atoms with Gasteiger partial charge in [-0.05, 0) is 182 Å². The minimum atomic E-state index is -2.24. The second-order valence-corrected chi connectivity index (χ2v) is 35.4. The third-order valence-electron chi connectivity index (χ3n) is 19.7. The quantitative estimate of drug-likeness (QED) is 0.115. The summed E-state index contributed by atoms with van der Waals surface area (Å²) in [6, 6.07) is 57.9. The maximum Gasteiger partial charge on any atom is 0.146 e. The molecule has 0 unspecified atom stereocenters. The van der Waals surface area contributed by atoms with E-state index in [0.29, 0.717) is 33.2 Å². The van der Waals surface area contributed by atoms with Crippen molar-refractivity contribution in [3.8, 4) is 22.9 Å². The van der Waals surface area contributed by atoms with Crippen LogP contribution in [0.2, 0.25) is 33.2 Å². The van der Waals surface area contributed by atoms with Crippen LogP contribution in [0.15, 0.2) is 146 Å². The summed E-state index contributed by atoms with van der Waals surface area (Å²) in [5, 5.41) is 10.5. The highest BCUT2D eigenvalue weighted by atomic mass is 28.3. The van der Waals surface area contributed by atoms with Gasteiger partial charge >= 0.3 is 0 Å². The Kier molecular flexibility index (Phi) is 10.0. The van der Waals surface area contributed by atoms with Crippen LogP contribution in [-0.4, -0.2) is 16.1 Å². The van der Waals surface area contributed by atoms with Gasteiger partial charge in [0.2, 0.25) is 0 Å². The van der Waals surface area contributed by atoms with Crippen LogP contribution in [0.25, 0.3) is 43.1 Å². The number of hydrogen-bond acceptors (Lipinski definition) is 0. The monoisotopic (exact) mass is 943 g/mol. The van der Waals surface area contributed by atoms with Crippen molar-refractivity contribution >= 4 is 59.2 Å². The minimum absolute atomic E-state index is 0.463. The van der Waals surface area contributed by atoms with Gasteiger partial charge in [-0.15, -0.1) is 11.1 Å². The van der Waals surface area contributed by atoms with Crippen molar-refractivity contribution < 1.29 is 0 Å². The van der Waals surface area contributed by atoms with Gasteiger partial charge in [-0.1, -0.05) is 192 Å². The van der Waals surface area contributed by atoms with Crippen molar-refractivity contribution in [1.29, 1.82) is 0 Å². The molecule has 0 aliphatic heterocycles. The van der Waals surface area contributed by atoms with Gasteiger partial charge in [0.05, 0.1) is 10.8 Å². The SMILES string of the molecule is CC(C)[Si](C#CC12CC34c5cc6ccccc6cc5C(C#C[Si](C(C)C)(C(C)C)C(C)C)(CC3(c3cc5ccccc5cc31)c1cc3ccccc3cc12)c1cc2ccccc2cc14)(C(C)C)C(C)C. The topological polar surface area (TPSA) is 0 Å². The molecule has 2 heteroatoms. The Labute approximate surface area is 420 Å². The Bertz CT molecular complexity index is 3170. The molecule has 0 radical (unpaired) electrons. The van der Waals surface area contributed by atoms with Crippen LogP contribution in [0.5, 0.6) is 0 Å². The highest BCUT2D eigenvalue weighted by molar-refractivity contribution is 6.91. The molecule has 6 aliphatic rings. The molecular weight excluding hydrogens is 873 g/mol. The molecule has 0 heterocycles. The van der Waals surface area contributed by atoms with E-state index in [0.717, 1.165) is 12.8 Å². The Morgan fingerprint density at radius 1 is 0.300 bits per heavy atom. The average molecular weight is 943 g/mol. The van der Waals surface area contributed by atoms with E-state index in [1.54, 1.807) is 0 Å². The first-order chi connectivity index (χ1) is 33.5. The molecule has 14 rings (SSSR count). The van der Waals surface area contributed by atoms with E-state index >= 15 is 0 Å². The van der Waals surface area contributed by atoms with Crippen molar-refractivity contribution in [1.82, 2.24) is 0 Å². The molecule has 70 heavy (non-hydrogen) atoms. The zero-order chi connectivity index (χ0) is 48.9. The fourth-order valence-corrected chi connectivity index (χ4v) is 27.4. The largest absolute Gasteiger partial charge is 0.146 e. The molecule has 0 N–H and O–H groups in total. The van der Waals surface area contributed by atoms with Crippen molar-refractivity contribution in [2.45, 2.75) is 151 Å². The second-order valence-electron chi connectivity index (χ2n) is 24.2. The maximum atomic E-state index is 4.57. The highest BCUT2D eigenvalue weighted by Gasteiger charge is 2.76. The Balaban J connectivity index is 1.35. The molecule has 4 bridgehead atoms. The summed E-state index contributed by atoms with van der Waals surface area (Å²) >= 11 is 0. The lowest BCUT2D eigenvalue weighted by Gasteiger charge is -2.72. The highest BCUT2D eigenvalue weighted by Crippen LogP contribution is 2.79. The number of benzene rings is 8. The predicted molar refractivity (Wildman–Crippen MR) is 306 cm³/mol. The molecule has 0 amide bonds. The molecule has 0 saturated carbocycles. The van der Waals surface area contributed by atoms with Gasteiger partial charge in [-0.3, -0.25) is 0 Å². The van der Waals surface area contributed by atoms with Gasteiger partial charge in [-0.25, -0.2) is 0 Å². The van der Waals surface area contributed by atoms with Gasteiger partial charge in [0.15, 0.2) is 0 Å². The average Bonchev–Trinajstić information content (AvgIpc) is 3.34. The zero-order valence-corrected chi connectivity index (χ0v) is 45.7. The van der Waals surface area contributed by atoms with Gasteiger partial charge < -0.3 is 0 Å². The molecule has 0 saturated heterocycles. The smallest absolute Gasteiger partial charge is 0.129 e. The van der Waals surface area contributed by atoms with Crippen molar-refractivity contribution in [2.75, 3.05) is 0 Å². The minimum Gasteiger partial charge on any atom is -0.129 e. The molecule has 8 aromatic carbocycles. The summed E-state index contributed by atoms with van der Waals surface area (Å²) in [5.41, 5.74) is 21.6. The van der Waals surface area contributed by atoms with E-state index < -0.39 is 37.8 Å². The summed E-state index contributed by atoms with van der Waals surface area (Å²) in [6.45, 7) is 29.8. The summed E-state index contributed by atoms with van der Waals surface area (Å²) in [7, 11) is -4.48. The van der Waals surface area contributed by atoms with E-state index in [1.807, 2.05) is 0 Å². The molecule has 8 aromatic rings. The van der Waals surface area contributed by atoms with E-state index in [-0.39, 0.29) is 0 Å².